The van der Waals surface area contributed by atoms with E-state index in [1.54, 1.807) is 5.32 Å². The highest BCUT2D eigenvalue weighted by molar-refractivity contribution is 9.10. The Morgan fingerprint density at radius 2 is 2.04 bits per heavy atom. The summed E-state index contributed by atoms with van der Waals surface area (Å²) in [6.07, 6.45) is -4.24. The van der Waals surface area contributed by atoms with Crippen molar-refractivity contribution in [3.63, 3.8) is 0 Å². The maximum Gasteiger partial charge on any atom is 0.405 e. The molecular weight excluding hydrogens is 420 g/mol. The van der Waals surface area contributed by atoms with Crippen molar-refractivity contribution in [1.29, 1.82) is 0 Å². The monoisotopic (exact) mass is 432 g/mol. The number of nitrogens with one attached hydrogen (secondary N) is 1. The van der Waals surface area contributed by atoms with E-state index in [4.69, 9.17) is 0 Å². The molecule has 24 heavy (non-hydrogen) atoms. The molecule has 1 amide bonds. The van der Waals surface area contributed by atoms with Crippen LogP contribution >= 0.6 is 15.9 Å². The fourth-order valence-electron chi connectivity index (χ4n) is 2.40. The Hall–Kier alpha value is -1.20. The highest BCUT2D eigenvalue weighted by Gasteiger charge is 2.41. The SMILES string of the molecule is O=C(NCC(F)(F)F)C1CCCN1S(=O)(=O)c1cc(Br)ccc1F. The van der Waals surface area contributed by atoms with E-state index < -0.39 is 45.4 Å². The number of amides is 1. The first kappa shape index (κ1) is 19.1. The van der Waals surface area contributed by atoms with E-state index in [1.165, 1.54) is 6.07 Å². The van der Waals surface area contributed by atoms with Gasteiger partial charge in [0.25, 0.3) is 0 Å². The second kappa shape index (κ2) is 6.96. The molecule has 1 N–H and O–H groups in total. The van der Waals surface area contributed by atoms with Gasteiger partial charge in [0, 0.05) is 11.0 Å². The molecule has 1 aromatic carbocycles. The molecule has 1 unspecified atom stereocenters. The van der Waals surface area contributed by atoms with Crippen LogP contribution < -0.4 is 5.32 Å². The van der Waals surface area contributed by atoms with Crippen LogP contribution in [0, 0.1) is 5.82 Å². The summed E-state index contributed by atoms with van der Waals surface area (Å²) < 4.78 is 76.7. The Morgan fingerprint density at radius 1 is 1.38 bits per heavy atom. The van der Waals surface area contributed by atoms with Crippen LogP contribution in [-0.2, 0) is 14.8 Å². The van der Waals surface area contributed by atoms with Gasteiger partial charge in [-0.15, -0.1) is 0 Å². The van der Waals surface area contributed by atoms with Gasteiger partial charge in [0.1, 0.15) is 23.3 Å². The van der Waals surface area contributed by atoms with Gasteiger partial charge in [-0.3, -0.25) is 4.79 Å². The minimum Gasteiger partial charge on any atom is -0.346 e. The van der Waals surface area contributed by atoms with Gasteiger partial charge in [-0.25, -0.2) is 12.8 Å². The molecule has 0 aromatic heterocycles. The average molecular weight is 433 g/mol. The van der Waals surface area contributed by atoms with Gasteiger partial charge in [-0.1, -0.05) is 15.9 Å². The number of carbonyl (C=O) groups excluding carboxylic acids is 1. The molecule has 0 aliphatic carbocycles. The third-order valence-electron chi connectivity index (χ3n) is 3.45. The molecule has 0 spiro atoms. The first-order valence-corrected chi connectivity index (χ1v) is 9.07. The molecule has 1 heterocycles. The molecule has 1 aliphatic heterocycles. The molecule has 0 bridgehead atoms. The van der Waals surface area contributed by atoms with E-state index in [0.29, 0.717) is 10.9 Å². The van der Waals surface area contributed by atoms with Crippen LogP contribution in [0.1, 0.15) is 12.8 Å². The molecule has 0 radical (unpaired) electrons. The lowest BCUT2D eigenvalue weighted by Crippen LogP contribution is -2.48. The number of rotatable bonds is 4. The van der Waals surface area contributed by atoms with Crippen molar-refractivity contribution in [1.82, 2.24) is 9.62 Å². The standard InChI is InChI=1S/C13H13BrF4N2O3S/c14-8-3-4-9(15)11(6-8)24(22,23)20-5-1-2-10(20)12(21)19-7-13(16,17)18/h3-4,6,10H,1-2,5,7H2,(H,19,21). The number of carbonyl (C=O) groups is 1. The van der Waals surface area contributed by atoms with Crippen LogP contribution in [0.25, 0.3) is 0 Å². The van der Waals surface area contributed by atoms with Crippen LogP contribution in [0.4, 0.5) is 17.6 Å². The van der Waals surface area contributed by atoms with Gasteiger partial charge in [-0.05, 0) is 31.0 Å². The van der Waals surface area contributed by atoms with E-state index in [9.17, 15) is 30.8 Å². The smallest absolute Gasteiger partial charge is 0.346 e. The number of sulfonamides is 1. The van der Waals surface area contributed by atoms with Crippen LogP contribution in [0.2, 0.25) is 0 Å². The molecular formula is C13H13BrF4N2O3S. The zero-order valence-electron chi connectivity index (χ0n) is 12.1. The molecule has 1 fully saturated rings. The van der Waals surface area contributed by atoms with E-state index in [0.717, 1.165) is 16.4 Å². The van der Waals surface area contributed by atoms with E-state index in [1.807, 2.05) is 0 Å². The lowest BCUT2D eigenvalue weighted by Gasteiger charge is -2.24. The molecule has 5 nitrogen and oxygen atoms in total. The zero-order valence-corrected chi connectivity index (χ0v) is 14.5. The van der Waals surface area contributed by atoms with E-state index in [2.05, 4.69) is 15.9 Å². The zero-order chi connectivity index (χ0) is 18.1. The molecule has 0 saturated carbocycles. The molecule has 11 heteroatoms. The molecule has 1 aromatic rings. The quantitative estimate of drug-likeness (QED) is 0.742. The summed E-state index contributed by atoms with van der Waals surface area (Å²) in [4.78, 5) is 11.3. The summed E-state index contributed by atoms with van der Waals surface area (Å²) in [6.45, 7) is -1.63. The van der Waals surface area contributed by atoms with Crippen LogP contribution in [0.3, 0.4) is 0 Å². The van der Waals surface area contributed by atoms with Gasteiger partial charge in [0.2, 0.25) is 15.9 Å². The molecule has 2 rings (SSSR count). The summed E-state index contributed by atoms with van der Waals surface area (Å²) in [5.74, 6) is -2.05. The number of halogens is 5. The summed E-state index contributed by atoms with van der Waals surface area (Å²) >= 11 is 3.03. The summed E-state index contributed by atoms with van der Waals surface area (Å²) in [7, 11) is -4.35. The topological polar surface area (TPSA) is 66.5 Å². The molecule has 1 saturated heterocycles. The van der Waals surface area contributed by atoms with E-state index in [-0.39, 0.29) is 13.0 Å². The maximum absolute atomic E-state index is 13.9. The van der Waals surface area contributed by atoms with Gasteiger partial charge < -0.3 is 5.32 Å². The Labute approximate surface area is 144 Å². The third-order valence-corrected chi connectivity index (χ3v) is 5.87. The Morgan fingerprint density at radius 3 is 2.67 bits per heavy atom. The lowest BCUT2D eigenvalue weighted by atomic mass is 10.2. The van der Waals surface area contributed by atoms with Crippen LogP contribution in [0.5, 0.6) is 0 Å². The maximum atomic E-state index is 13.9. The number of hydrogen-bond donors (Lipinski definition) is 1. The Kier molecular flexibility index (Phi) is 5.55. The predicted molar refractivity (Wildman–Crippen MR) is 80.1 cm³/mol. The molecule has 1 aliphatic rings. The van der Waals surface area contributed by atoms with Crippen molar-refractivity contribution < 1.29 is 30.8 Å². The normalized spacial score (nSPS) is 19.5. The number of benzene rings is 1. The number of alkyl halides is 3. The van der Waals surface area contributed by atoms with Crippen LogP contribution in [0.15, 0.2) is 27.6 Å². The van der Waals surface area contributed by atoms with Crippen molar-refractivity contribution in [3.8, 4) is 0 Å². The summed E-state index contributed by atoms with van der Waals surface area (Å²) in [5.41, 5.74) is 0. The Bertz CT molecular complexity index is 739. The van der Waals surface area contributed by atoms with Crippen molar-refractivity contribution >= 4 is 31.9 Å². The van der Waals surface area contributed by atoms with Gasteiger partial charge >= 0.3 is 6.18 Å². The number of hydrogen-bond acceptors (Lipinski definition) is 3. The highest BCUT2D eigenvalue weighted by Crippen LogP contribution is 2.29. The van der Waals surface area contributed by atoms with Gasteiger partial charge in [-0.2, -0.15) is 17.5 Å². The molecule has 1 atom stereocenters. The lowest BCUT2D eigenvalue weighted by molar-refractivity contribution is -0.140. The van der Waals surface area contributed by atoms with Crippen LogP contribution in [-0.4, -0.2) is 43.9 Å². The first-order chi connectivity index (χ1) is 11.0. The third kappa shape index (κ3) is 4.25. The van der Waals surface area contributed by atoms with Crippen molar-refractivity contribution in [2.24, 2.45) is 0 Å². The minimum atomic E-state index is -4.60. The van der Waals surface area contributed by atoms with Crippen molar-refractivity contribution in [3.05, 3.63) is 28.5 Å². The minimum absolute atomic E-state index is 0.0680. The second-order valence-corrected chi connectivity index (χ2v) is 7.96. The van der Waals surface area contributed by atoms with Crippen molar-refractivity contribution in [2.75, 3.05) is 13.1 Å². The predicted octanol–water partition coefficient (Wildman–Crippen LogP) is 2.42. The summed E-state index contributed by atoms with van der Waals surface area (Å²) in [6, 6.07) is 2.02. The van der Waals surface area contributed by atoms with Crippen molar-refractivity contribution in [2.45, 2.75) is 30.0 Å². The van der Waals surface area contributed by atoms with Gasteiger partial charge in [0.05, 0.1) is 0 Å². The number of nitrogens with zero attached hydrogens (tertiary/aromatic N) is 1. The molecule has 134 valence electrons. The Balaban J connectivity index is 2.26. The first-order valence-electron chi connectivity index (χ1n) is 6.84. The summed E-state index contributed by atoms with van der Waals surface area (Å²) in [5, 5.41) is 1.67. The van der Waals surface area contributed by atoms with Gasteiger partial charge in [0.15, 0.2) is 0 Å². The fraction of sp³-hybridized carbons (Fsp3) is 0.462. The second-order valence-electron chi connectivity index (χ2n) is 5.18. The fourth-order valence-corrected chi connectivity index (χ4v) is 4.66. The highest BCUT2D eigenvalue weighted by atomic mass is 79.9. The largest absolute Gasteiger partial charge is 0.405 e. The average Bonchev–Trinajstić information content (AvgIpc) is 2.96. The van der Waals surface area contributed by atoms with E-state index >= 15 is 0 Å².